The maximum atomic E-state index is 4.63. The molecule has 3 rings (SSSR count). The second-order valence-electron chi connectivity index (χ2n) is 5.84. The molecule has 0 fully saturated rings. The molecule has 0 spiro atoms. The molecule has 1 N–H and O–H groups in total. The van der Waals surface area contributed by atoms with Crippen LogP contribution in [0.25, 0.3) is 5.69 Å². The predicted molar refractivity (Wildman–Crippen MR) is 94.5 cm³/mol. The van der Waals surface area contributed by atoms with Crippen molar-refractivity contribution in [2.24, 2.45) is 10.1 Å². The topological polar surface area (TPSA) is 54.6 Å². The van der Waals surface area contributed by atoms with Crippen molar-refractivity contribution in [1.29, 1.82) is 0 Å². The Morgan fingerprint density at radius 3 is 2.78 bits per heavy atom. The maximum Gasteiger partial charge on any atom is 0.117 e. The Morgan fingerprint density at radius 2 is 1.96 bits per heavy atom. The van der Waals surface area contributed by atoms with Crippen molar-refractivity contribution >= 4 is 12.1 Å². The molecule has 0 saturated heterocycles. The van der Waals surface area contributed by atoms with Crippen LogP contribution in [-0.4, -0.2) is 28.4 Å². The summed E-state index contributed by atoms with van der Waals surface area (Å²) in [7, 11) is 0. The zero-order valence-electron chi connectivity index (χ0n) is 13.8. The first-order valence-corrected chi connectivity index (χ1v) is 8.20. The van der Waals surface area contributed by atoms with Gasteiger partial charge in [0.05, 0.1) is 23.3 Å². The third kappa shape index (κ3) is 3.67. The zero-order valence-corrected chi connectivity index (χ0v) is 13.8. The molecule has 0 radical (unpaired) electrons. The lowest BCUT2D eigenvalue weighted by Gasteiger charge is -2.04. The van der Waals surface area contributed by atoms with Crippen LogP contribution in [0.2, 0.25) is 0 Å². The van der Waals surface area contributed by atoms with Crippen LogP contribution in [-0.2, 0) is 0 Å². The van der Waals surface area contributed by atoms with Gasteiger partial charge in [-0.3, -0.25) is 10.4 Å². The summed E-state index contributed by atoms with van der Waals surface area (Å²) in [5, 5.41) is 9.00. The van der Waals surface area contributed by atoms with Gasteiger partial charge < -0.3 is 0 Å². The van der Waals surface area contributed by atoms with Gasteiger partial charge in [0.2, 0.25) is 0 Å². The summed E-state index contributed by atoms with van der Waals surface area (Å²) in [4.78, 5) is 4.52. The van der Waals surface area contributed by atoms with Crippen molar-refractivity contribution in [1.82, 2.24) is 15.2 Å². The quantitative estimate of drug-likeness (QED) is 0.698. The highest BCUT2D eigenvalue weighted by molar-refractivity contribution is 5.86. The van der Waals surface area contributed by atoms with E-state index in [1.807, 2.05) is 36.0 Å². The predicted octanol–water partition coefficient (Wildman–Crippen LogP) is 3.39. The van der Waals surface area contributed by atoms with E-state index in [-0.39, 0.29) is 0 Å². The van der Waals surface area contributed by atoms with Gasteiger partial charge in [-0.1, -0.05) is 24.6 Å². The van der Waals surface area contributed by atoms with Crippen LogP contribution in [0.5, 0.6) is 0 Å². The molecule has 0 unspecified atom stereocenters. The fourth-order valence-electron chi connectivity index (χ4n) is 2.80. The Bertz CT molecular complexity index is 713. The number of benzene rings is 1. The minimum absolute atomic E-state index is 0.905. The molecular weight excluding hydrogens is 286 g/mol. The Morgan fingerprint density at radius 1 is 1.13 bits per heavy atom. The van der Waals surface area contributed by atoms with Crippen LogP contribution in [0.15, 0.2) is 40.4 Å². The van der Waals surface area contributed by atoms with Gasteiger partial charge in [-0.15, -0.1) is 0 Å². The number of rotatable bonds is 3. The number of aryl methyl sites for hydroxylation is 1. The molecule has 0 bridgehead atoms. The summed E-state index contributed by atoms with van der Waals surface area (Å²) in [6.45, 7) is 4.98. The number of nitrogens with one attached hydrogen (secondary N) is 1. The van der Waals surface area contributed by atoms with Gasteiger partial charge in [0, 0.05) is 18.5 Å². The standard InChI is InChI=1S/C18H23N5/c1-14-17(13-20-21-18-11-7-4-8-12-19-18)15(2)23(22-14)16-9-5-3-6-10-16/h3,5-6,9-10,13H,4,7-8,11-12H2,1-2H3,(H,19,21). The molecule has 1 aromatic heterocycles. The number of nitrogens with zero attached hydrogens (tertiary/aromatic N) is 4. The summed E-state index contributed by atoms with van der Waals surface area (Å²) in [5.41, 5.74) is 7.27. The highest BCUT2D eigenvalue weighted by Gasteiger charge is 2.11. The molecule has 5 heteroatoms. The highest BCUT2D eigenvalue weighted by Crippen LogP contribution is 2.16. The first kappa shape index (κ1) is 15.5. The Hall–Kier alpha value is -2.43. The molecule has 5 nitrogen and oxygen atoms in total. The normalized spacial score (nSPS) is 15.5. The zero-order chi connectivity index (χ0) is 16.1. The van der Waals surface area contributed by atoms with E-state index in [1.54, 1.807) is 0 Å². The number of aliphatic imine (C=N–C) groups is 1. The lowest BCUT2D eigenvalue weighted by molar-refractivity contribution is 0.729. The number of amidine groups is 1. The lowest BCUT2D eigenvalue weighted by Crippen LogP contribution is -2.17. The van der Waals surface area contributed by atoms with E-state index < -0.39 is 0 Å². The third-order valence-corrected chi connectivity index (χ3v) is 4.11. The average molecular weight is 309 g/mol. The summed E-state index contributed by atoms with van der Waals surface area (Å²) in [6.07, 6.45) is 6.45. The minimum Gasteiger partial charge on any atom is -0.271 e. The highest BCUT2D eigenvalue weighted by atomic mass is 15.3. The second-order valence-corrected chi connectivity index (χ2v) is 5.84. The van der Waals surface area contributed by atoms with Crippen molar-refractivity contribution in [3.63, 3.8) is 0 Å². The number of hydrazone groups is 1. The largest absolute Gasteiger partial charge is 0.271 e. The van der Waals surface area contributed by atoms with Gasteiger partial charge in [-0.25, -0.2) is 4.68 Å². The van der Waals surface area contributed by atoms with Crippen LogP contribution in [0.3, 0.4) is 0 Å². The minimum atomic E-state index is 0.905. The van der Waals surface area contributed by atoms with Crippen LogP contribution in [0, 0.1) is 13.8 Å². The van der Waals surface area contributed by atoms with Gasteiger partial charge in [0.25, 0.3) is 0 Å². The molecule has 120 valence electrons. The Kier molecular flexibility index (Phi) is 4.86. The van der Waals surface area contributed by atoms with Gasteiger partial charge in [0.15, 0.2) is 0 Å². The molecule has 0 aliphatic carbocycles. The molecule has 1 aliphatic rings. The smallest absolute Gasteiger partial charge is 0.117 e. The maximum absolute atomic E-state index is 4.63. The molecule has 23 heavy (non-hydrogen) atoms. The number of hydrogen-bond donors (Lipinski definition) is 1. The fourth-order valence-corrected chi connectivity index (χ4v) is 2.80. The van der Waals surface area contributed by atoms with Gasteiger partial charge in [-0.05, 0) is 38.8 Å². The van der Waals surface area contributed by atoms with Crippen molar-refractivity contribution < 1.29 is 0 Å². The molecular formula is C18H23N5. The molecule has 2 heterocycles. The van der Waals surface area contributed by atoms with Gasteiger partial charge >= 0.3 is 0 Å². The average Bonchev–Trinajstić information content (AvgIpc) is 2.75. The Labute approximate surface area is 137 Å². The van der Waals surface area contributed by atoms with Crippen molar-refractivity contribution in [3.05, 3.63) is 47.3 Å². The van der Waals surface area contributed by atoms with Crippen LogP contribution in [0.4, 0.5) is 0 Å². The number of para-hydroxylation sites is 1. The molecule has 0 atom stereocenters. The van der Waals surface area contributed by atoms with E-state index in [9.17, 15) is 0 Å². The second kappa shape index (κ2) is 7.22. The van der Waals surface area contributed by atoms with Crippen molar-refractivity contribution in [2.45, 2.75) is 39.5 Å². The molecule has 1 aliphatic heterocycles. The fraction of sp³-hybridized carbons (Fsp3) is 0.389. The summed E-state index contributed by atoms with van der Waals surface area (Å²) in [5.74, 6) is 0.990. The molecule has 1 aromatic carbocycles. The first-order valence-electron chi connectivity index (χ1n) is 8.20. The number of hydrogen-bond acceptors (Lipinski definition) is 4. The van der Waals surface area contributed by atoms with Crippen molar-refractivity contribution in [2.75, 3.05) is 6.54 Å². The molecule has 0 saturated carbocycles. The van der Waals surface area contributed by atoms with E-state index in [2.05, 4.69) is 39.7 Å². The monoisotopic (exact) mass is 309 g/mol. The first-order chi connectivity index (χ1) is 11.3. The van der Waals surface area contributed by atoms with Crippen LogP contribution < -0.4 is 5.43 Å². The lowest BCUT2D eigenvalue weighted by atomic mass is 10.2. The van der Waals surface area contributed by atoms with Gasteiger partial charge in [0.1, 0.15) is 5.84 Å². The van der Waals surface area contributed by atoms with E-state index in [1.165, 1.54) is 19.3 Å². The van der Waals surface area contributed by atoms with E-state index in [0.717, 1.165) is 41.4 Å². The van der Waals surface area contributed by atoms with E-state index >= 15 is 0 Å². The Balaban J connectivity index is 1.77. The van der Waals surface area contributed by atoms with Gasteiger partial charge in [-0.2, -0.15) is 10.2 Å². The van der Waals surface area contributed by atoms with E-state index in [4.69, 9.17) is 0 Å². The number of aromatic nitrogens is 2. The third-order valence-electron chi connectivity index (χ3n) is 4.11. The summed E-state index contributed by atoms with van der Waals surface area (Å²) in [6, 6.07) is 10.2. The van der Waals surface area contributed by atoms with Crippen LogP contribution in [0.1, 0.15) is 42.6 Å². The molecule has 2 aromatic rings. The van der Waals surface area contributed by atoms with Crippen LogP contribution >= 0.6 is 0 Å². The SMILES string of the molecule is Cc1nn(-c2ccccc2)c(C)c1C=NNC1=NCCCCC1. The van der Waals surface area contributed by atoms with E-state index in [0.29, 0.717) is 0 Å². The van der Waals surface area contributed by atoms with Crippen molar-refractivity contribution in [3.8, 4) is 5.69 Å². The summed E-state index contributed by atoms with van der Waals surface area (Å²) < 4.78 is 1.96. The summed E-state index contributed by atoms with van der Waals surface area (Å²) >= 11 is 0. The molecule has 0 amide bonds.